The number of sulfone groups is 1. The van der Waals surface area contributed by atoms with Gasteiger partial charge in [0.15, 0.2) is 14.6 Å². The number of fused-ring (bicyclic) bond motifs is 1. The van der Waals surface area contributed by atoms with E-state index in [2.05, 4.69) is 28.8 Å². The van der Waals surface area contributed by atoms with Gasteiger partial charge in [0.2, 0.25) is 0 Å². The van der Waals surface area contributed by atoms with Crippen molar-refractivity contribution in [2.24, 2.45) is 11.8 Å². The van der Waals surface area contributed by atoms with Crippen LogP contribution in [-0.4, -0.2) is 63.6 Å². The van der Waals surface area contributed by atoms with Gasteiger partial charge < -0.3 is 10.2 Å². The Morgan fingerprint density at radius 1 is 1.39 bits per heavy atom. The molecule has 1 amide bonds. The molecule has 0 spiro atoms. The van der Waals surface area contributed by atoms with Crippen molar-refractivity contribution in [3.63, 3.8) is 0 Å². The van der Waals surface area contributed by atoms with Gasteiger partial charge in [0.05, 0.1) is 5.52 Å². The molecule has 3 rings (SSSR count). The number of hydrogen-bond acceptors (Lipinski definition) is 7. The summed E-state index contributed by atoms with van der Waals surface area (Å²) in [5.41, 5.74) is 2.92. The van der Waals surface area contributed by atoms with Crippen molar-refractivity contribution in [1.82, 2.24) is 15.3 Å². The second kappa shape index (κ2) is 11.0. The lowest BCUT2D eigenvalue weighted by molar-refractivity contribution is -0.131. The van der Waals surface area contributed by atoms with E-state index in [1.54, 1.807) is 10.9 Å². The van der Waals surface area contributed by atoms with E-state index in [0.29, 0.717) is 5.52 Å². The van der Waals surface area contributed by atoms with Crippen LogP contribution in [0.15, 0.2) is 24.4 Å². The van der Waals surface area contributed by atoms with Gasteiger partial charge in [-0.15, -0.1) is 0 Å². The summed E-state index contributed by atoms with van der Waals surface area (Å²) in [5.74, 6) is 11.2. The lowest BCUT2D eigenvalue weighted by Gasteiger charge is -2.24. The SMILES string of the molecule is CC(CCn1cc2cc(C#CC#C[C@H]3C[C@@H]3CO)ccc2n1)(C(=O)NO)S(C)(=O)=O.O=CO. The fourth-order valence-corrected chi connectivity index (χ4v) is 3.89. The highest BCUT2D eigenvalue weighted by molar-refractivity contribution is 7.92. The molecule has 0 bridgehead atoms. The monoisotopic (exact) mass is 475 g/mol. The average Bonchev–Trinajstić information content (AvgIpc) is 3.41. The molecule has 0 saturated heterocycles. The molecule has 2 aromatic rings. The Morgan fingerprint density at radius 3 is 2.67 bits per heavy atom. The van der Waals surface area contributed by atoms with Gasteiger partial charge in [-0.05, 0) is 55.7 Å². The standard InChI is InChI=1S/C21H23N3O5S.CH2O2/c1-21(20(26)23-27,30(2,28)29)9-10-24-13-17-11-15(7-8-19(17)22-24)5-3-4-6-16-12-18(16)14-25;2-1-3/h7-8,11,13,16,18,25,27H,9-10,12,14H2,1-2H3,(H,23,26);1H,(H,2,3)/t16-,18+,21?;/m0./s1. The summed E-state index contributed by atoms with van der Waals surface area (Å²) >= 11 is 0. The lowest BCUT2D eigenvalue weighted by Crippen LogP contribution is -2.49. The summed E-state index contributed by atoms with van der Waals surface area (Å²) < 4.78 is 23.9. The van der Waals surface area contributed by atoms with E-state index in [4.69, 9.17) is 20.2 Å². The summed E-state index contributed by atoms with van der Waals surface area (Å²) in [7, 11) is -3.76. The second-order valence-electron chi connectivity index (χ2n) is 7.77. The molecule has 1 heterocycles. The molecule has 1 saturated carbocycles. The van der Waals surface area contributed by atoms with Gasteiger partial charge in [0, 0.05) is 42.5 Å². The van der Waals surface area contributed by atoms with Crippen LogP contribution in [0.5, 0.6) is 0 Å². The topological polar surface area (TPSA) is 159 Å². The first-order chi connectivity index (χ1) is 15.6. The maximum absolute atomic E-state index is 12.1. The normalized spacial score (nSPS) is 18.3. The number of aliphatic hydroxyl groups is 1. The van der Waals surface area contributed by atoms with Gasteiger partial charge >= 0.3 is 0 Å². The number of aryl methyl sites for hydroxylation is 1. The summed E-state index contributed by atoms with van der Waals surface area (Å²) in [6.45, 7) is 1.36. The Balaban J connectivity index is 0.00000122. The molecule has 1 aromatic carbocycles. The Hall–Kier alpha value is -3.38. The van der Waals surface area contributed by atoms with E-state index in [0.717, 1.165) is 23.6 Å². The van der Waals surface area contributed by atoms with Gasteiger partial charge in [0.1, 0.15) is 0 Å². The first kappa shape index (κ1) is 25.9. The number of hydrogen-bond donors (Lipinski definition) is 4. The third-order valence-electron chi connectivity index (χ3n) is 5.45. The molecule has 0 aliphatic heterocycles. The van der Waals surface area contributed by atoms with Gasteiger partial charge in [-0.2, -0.15) is 5.10 Å². The molecule has 1 unspecified atom stereocenters. The molecule has 176 valence electrons. The van der Waals surface area contributed by atoms with E-state index in [1.165, 1.54) is 12.4 Å². The maximum atomic E-state index is 12.1. The average molecular weight is 476 g/mol. The summed E-state index contributed by atoms with van der Waals surface area (Å²) in [6, 6.07) is 5.49. The fourth-order valence-electron chi connectivity index (χ4n) is 3.04. The van der Waals surface area contributed by atoms with Gasteiger partial charge in [-0.1, -0.05) is 11.8 Å². The molecule has 3 atom stereocenters. The predicted octanol–water partition coefficient (Wildman–Crippen LogP) is 0.419. The van der Waals surface area contributed by atoms with Crippen LogP contribution in [0.25, 0.3) is 10.9 Å². The van der Waals surface area contributed by atoms with Crippen LogP contribution in [0.1, 0.15) is 25.3 Å². The zero-order valence-electron chi connectivity index (χ0n) is 18.1. The van der Waals surface area contributed by atoms with Gasteiger partial charge in [0.25, 0.3) is 12.4 Å². The van der Waals surface area contributed by atoms with Gasteiger partial charge in [-0.3, -0.25) is 19.5 Å². The van der Waals surface area contributed by atoms with Crippen LogP contribution < -0.4 is 5.48 Å². The fraction of sp³-hybridized carbons (Fsp3) is 0.409. The van der Waals surface area contributed by atoms with E-state index in [1.807, 2.05) is 18.2 Å². The zero-order valence-corrected chi connectivity index (χ0v) is 19.0. The molecule has 1 fully saturated rings. The second-order valence-corrected chi connectivity index (χ2v) is 10.2. The highest BCUT2D eigenvalue weighted by Crippen LogP contribution is 2.36. The van der Waals surface area contributed by atoms with Crippen LogP contribution in [0, 0.1) is 35.5 Å². The minimum atomic E-state index is -3.76. The smallest absolute Gasteiger partial charge is 0.290 e. The molecule has 11 heteroatoms. The molecule has 0 radical (unpaired) electrons. The molecule has 1 aromatic heterocycles. The summed E-state index contributed by atoms with van der Waals surface area (Å²) in [4.78, 5) is 20.3. The van der Waals surface area contributed by atoms with Crippen molar-refractivity contribution in [3.8, 4) is 23.7 Å². The first-order valence-corrected chi connectivity index (χ1v) is 11.8. The lowest BCUT2D eigenvalue weighted by atomic mass is 10.1. The van der Waals surface area contributed by atoms with Crippen LogP contribution >= 0.6 is 0 Å². The number of aliphatic hydroxyl groups excluding tert-OH is 1. The highest BCUT2D eigenvalue weighted by atomic mass is 32.2. The van der Waals surface area contributed by atoms with E-state index >= 15 is 0 Å². The summed E-state index contributed by atoms with van der Waals surface area (Å²) in [6.07, 6.45) is 3.59. The molecule has 1 aliphatic carbocycles. The number of benzene rings is 1. The number of hydroxylamine groups is 1. The zero-order chi connectivity index (χ0) is 24.6. The first-order valence-electron chi connectivity index (χ1n) is 9.91. The van der Waals surface area contributed by atoms with Crippen LogP contribution in [0.2, 0.25) is 0 Å². The number of rotatable bonds is 6. The molecule has 33 heavy (non-hydrogen) atoms. The van der Waals surface area contributed by atoms with Crippen molar-refractivity contribution >= 4 is 33.1 Å². The van der Waals surface area contributed by atoms with Crippen molar-refractivity contribution in [1.29, 1.82) is 0 Å². The van der Waals surface area contributed by atoms with Crippen LogP contribution in [0.4, 0.5) is 0 Å². The molecule has 1 aliphatic rings. The third-order valence-corrected chi connectivity index (χ3v) is 7.48. The van der Waals surface area contributed by atoms with Crippen molar-refractivity contribution in [2.45, 2.75) is 31.1 Å². The highest BCUT2D eigenvalue weighted by Gasteiger charge is 2.43. The molecule has 4 N–H and O–H groups in total. The van der Waals surface area contributed by atoms with Crippen molar-refractivity contribution in [2.75, 3.05) is 12.9 Å². The number of carbonyl (C=O) groups excluding carboxylic acids is 1. The number of nitrogens with zero attached hydrogens (tertiary/aromatic N) is 2. The Kier molecular flexibility index (Phi) is 8.60. The minimum absolute atomic E-state index is 0.0511. The Bertz CT molecular complexity index is 1250. The number of carbonyl (C=O) groups is 2. The van der Waals surface area contributed by atoms with E-state index in [9.17, 15) is 13.2 Å². The number of amides is 1. The third kappa shape index (κ3) is 6.56. The van der Waals surface area contributed by atoms with Crippen LogP contribution in [-0.2, 0) is 26.0 Å². The van der Waals surface area contributed by atoms with E-state index in [-0.39, 0.29) is 37.9 Å². The summed E-state index contributed by atoms with van der Waals surface area (Å²) in [5, 5.41) is 30.0. The quantitative estimate of drug-likeness (QED) is 0.202. The number of nitrogens with one attached hydrogen (secondary N) is 1. The predicted molar refractivity (Wildman–Crippen MR) is 120 cm³/mol. The molecular weight excluding hydrogens is 450 g/mol. The number of carboxylic acid groups (broad SMARTS) is 1. The minimum Gasteiger partial charge on any atom is -0.483 e. The Labute approximate surface area is 191 Å². The van der Waals surface area contributed by atoms with Crippen LogP contribution in [0.3, 0.4) is 0 Å². The van der Waals surface area contributed by atoms with Crippen molar-refractivity contribution < 1.29 is 33.4 Å². The van der Waals surface area contributed by atoms with E-state index < -0.39 is 20.5 Å². The molecule has 10 nitrogen and oxygen atoms in total. The Morgan fingerprint density at radius 2 is 2.09 bits per heavy atom. The molecular formula is C22H25N3O7S. The number of aromatic nitrogens is 2. The largest absolute Gasteiger partial charge is 0.483 e. The van der Waals surface area contributed by atoms with Crippen molar-refractivity contribution in [3.05, 3.63) is 30.0 Å². The maximum Gasteiger partial charge on any atom is 0.290 e. The van der Waals surface area contributed by atoms with Gasteiger partial charge in [-0.25, -0.2) is 13.9 Å².